The number of hydrogen-bond donors (Lipinski definition) is 2. The van der Waals surface area contributed by atoms with Crippen LogP contribution >= 0.6 is 11.8 Å². The highest BCUT2D eigenvalue weighted by Crippen LogP contribution is 2.31. The smallest absolute Gasteiger partial charge is 0.240 e. The summed E-state index contributed by atoms with van der Waals surface area (Å²) in [4.78, 5) is 1.89. The van der Waals surface area contributed by atoms with Crippen LogP contribution in [-0.2, 0) is 10.0 Å². The van der Waals surface area contributed by atoms with E-state index in [2.05, 4.69) is 0 Å². The predicted molar refractivity (Wildman–Crippen MR) is 77.5 cm³/mol. The Balaban J connectivity index is 2.28. The van der Waals surface area contributed by atoms with E-state index in [1.54, 1.807) is 12.1 Å². The lowest BCUT2D eigenvalue weighted by molar-refractivity contribution is 0.598. The molecule has 0 spiro atoms. The van der Waals surface area contributed by atoms with Crippen LogP contribution in [0.25, 0.3) is 0 Å². The fourth-order valence-electron chi connectivity index (χ4n) is 1.59. The second-order valence-electron chi connectivity index (χ2n) is 4.16. The molecule has 19 heavy (non-hydrogen) atoms. The van der Waals surface area contributed by atoms with Crippen LogP contribution < -0.4 is 10.9 Å². The van der Waals surface area contributed by atoms with Gasteiger partial charge in [0.25, 0.3) is 0 Å². The van der Waals surface area contributed by atoms with Gasteiger partial charge in [0.05, 0.1) is 5.69 Å². The molecule has 100 valence electrons. The zero-order valence-corrected chi connectivity index (χ0v) is 12.0. The van der Waals surface area contributed by atoms with E-state index in [9.17, 15) is 8.42 Å². The summed E-state index contributed by atoms with van der Waals surface area (Å²) >= 11 is 1.51. The summed E-state index contributed by atoms with van der Waals surface area (Å²) < 4.78 is 22.5. The summed E-state index contributed by atoms with van der Waals surface area (Å²) in [5.74, 6) is 0. The highest BCUT2D eigenvalue weighted by atomic mass is 32.2. The van der Waals surface area contributed by atoms with Crippen molar-refractivity contribution in [2.75, 3.05) is 5.73 Å². The minimum Gasteiger partial charge on any atom is -0.398 e. The monoisotopic (exact) mass is 294 g/mol. The molecule has 6 heteroatoms. The summed E-state index contributed by atoms with van der Waals surface area (Å²) in [5, 5.41) is 5.06. The lowest BCUT2D eigenvalue weighted by Gasteiger charge is -2.06. The molecule has 0 aliphatic rings. The van der Waals surface area contributed by atoms with Gasteiger partial charge < -0.3 is 5.73 Å². The quantitative estimate of drug-likeness (QED) is 0.851. The van der Waals surface area contributed by atoms with Crippen LogP contribution in [-0.4, -0.2) is 8.42 Å². The maximum atomic E-state index is 11.3. The molecule has 0 radical (unpaired) electrons. The van der Waals surface area contributed by atoms with Crippen molar-refractivity contribution in [2.45, 2.75) is 21.6 Å². The second-order valence-corrected chi connectivity index (χ2v) is 6.84. The number of sulfonamides is 1. The van der Waals surface area contributed by atoms with Gasteiger partial charge in [-0.3, -0.25) is 0 Å². The summed E-state index contributed by atoms with van der Waals surface area (Å²) in [7, 11) is -3.76. The van der Waals surface area contributed by atoms with Crippen LogP contribution in [0.2, 0.25) is 0 Å². The minimum absolute atomic E-state index is 0.0410. The van der Waals surface area contributed by atoms with Crippen LogP contribution in [0, 0.1) is 6.92 Å². The minimum atomic E-state index is -3.76. The second kappa shape index (κ2) is 5.24. The molecule has 0 unspecified atom stereocenters. The first-order valence-electron chi connectivity index (χ1n) is 5.53. The van der Waals surface area contributed by atoms with E-state index in [1.165, 1.54) is 23.4 Å². The molecule has 0 aliphatic heterocycles. The Morgan fingerprint density at radius 1 is 1.00 bits per heavy atom. The fraction of sp³-hybridized carbons (Fsp3) is 0.0769. The van der Waals surface area contributed by atoms with Crippen molar-refractivity contribution in [3.63, 3.8) is 0 Å². The molecule has 2 aromatic rings. The highest BCUT2D eigenvalue weighted by Gasteiger charge is 2.12. The van der Waals surface area contributed by atoms with Gasteiger partial charge in [-0.2, -0.15) is 0 Å². The maximum absolute atomic E-state index is 11.3. The number of nitrogen functional groups attached to an aromatic ring is 1. The molecule has 4 nitrogen and oxygen atoms in total. The normalized spacial score (nSPS) is 11.5. The molecule has 0 amide bonds. The Morgan fingerprint density at radius 3 is 2.11 bits per heavy atom. The van der Waals surface area contributed by atoms with E-state index in [0.717, 1.165) is 9.79 Å². The third kappa shape index (κ3) is 3.50. The molecular formula is C13H14N2O2S2. The zero-order valence-electron chi connectivity index (χ0n) is 10.3. The van der Waals surface area contributed by atoms with Crippen LogP contribution in [0.5, 0.6) is 0 Å². The topological polar surface area (TPSA) is 86.2 Å². The number of nitrogens with two attached hydrogens (primary N) is 2. The van der Waals surface area contributed by atoms with Gasteiger partial charge in [0.1, 0.15) is 4.90 Å². The van der Waals surface area contributed by atoms with Gasteiger partial charge in [0.15, 0.2) is 0 Å². The SMILES string of the molecule is Cc1ccc(Sc2ccc(S(N)(=O)=O)c(N)c2)cc1. The summed E-state index contributed by atoms with van der Waals surface area (Å²) in [6.45, 7) is 2.02. The summed E-state index contributed by atoms with van der Waals surface area (Å²) in [6, 6.07) is 12.8. The number of rotatable bonds is 3. The van der Waals surface area contributed by atoms with Gasteiger partial charge in [-0.25, -0.2) is 13.6 Å². The molecule has 0 saturated carbocycles. The zero-order chi connectivity index (χ0) is 14.0. The number of benzene rings is 2. The van der Waals surface area contributed by atoms with E-state index < -0.39 is 10.0 Å². The largest absolute Gasteiger partial charge is 0.398 e. The Hall–Kier alpha value is -1.50. The lowest BCUT2D eigenvalue weighted by Crippen LogP contribution is -2.14. The average Bonchev–Trinajstić information content (AvgIpc) is 2.30. The molecule has 0 fully saturated rings. The van der Waals surface area contributed by atoms with Gasteiger partial charge >= 0.3 is 0 Å². The molecule has 0 bridgehead atoms. The first-order valence-corrected chi connectivity index (χ1v) is 7.89. The van der Waals surface area contributed by atoms with E-state index >= 15 is 0 Å². The summed E-state index contributed by atoms with van der Waals surface area (Å²) in [5.41, 5.74) is 7.07. The fourth-order valence-corrected chi connectivity index (χ4v) is 3.10. The first kappa shape index (κ1) is 13.9. The Morgan fingerprint density at radius 2 is 1.58 bits per heavy atom. The first-order chi connectivity index (χ1) is 8.86. The molecule has 0 aliphatic carbocycles. The van der Waals surface area contributed by atoms with E-state index in [-0.39, 0.29) is 10.6 Å². The molecule has 0 aromatic heterocycles. The van der Waals surface area contributed by atoms with Crippen molar-refractivity contribution in [3.8, 4) is 0 Å². The standard InChI is InChI=1S/C13H14N2O2S2/c1-9-2-4-10(5-3-9)18-11-6-7-13(12(14)8-11)19(15,16)17/h2-8H,14H2,1H3,(H2,15,16,17). The molecule has 0 saturated heterocycles. The molecule has 2 aromatic carbocycles. The number of primary sulfonamides is 1. The average molecular weight is 294 g/mol. The number of hydrogen-bond acceptors (Lipinski definition) is 4. The van der Waals surface area contributed by atoms with Gasteiger partial charge in [0.2, 0.25) is 10.0 Å². The van der Waals surface area contributed by atoms with E-state index in [4.69, 9.17) is 10.9 Å². The van der Waals surface area contributed by atoms with Crippen LogP contribution in [0.1, 0.15) is 5.56 Å². The van der Waals surface area contributed by atoms with E-state index in [0.29, 0.717) is 0 Å². The van der Waals surface area contributed by atoms with Crippen molar-refractivity contribution >= 4 is 27.5 Å². The van der Waals surface area contributed by atoms with Crippen LogP contribution in [0.15, 0.2) is 57.2 Å². The van der Waals surface area contributed by atoms with Crippen molar-refractivity contribution < 1.29 is 8.42 Å². The van der Waals surface area contributed by atoms with Crippen molar-refractivity contribution in [3.05, 3.63) is 48.0 Å². The predicted octanol–water partition coefficient (Wildman–Crippen LogP) is 2.38. The highest BCUT2D eigenvalue weighted by molar-refractivity contribution is 7.99. The van der Waals surface area contributed by atoms with Crippen molar-refractivity contribution in [1.29, 1.82) is 0 Å². The van der Waals surface area contributed by atoms with Gasteiger partial charge in [-0.05, 0) is 37.3 Å². The summed E-state index contributed by atoms with van der Waals surface area (Å²) in [6.07, 6.45) is 0. The van der Waals surface area contributed by atoms with Crippen LogP contribution in [0.3, 0.4) is 0 Å². The molecule has 4 N–H and O–H groups in total. The Kier molecular flexibility index (Phi) is 3.84. The van der Waals surface area contributed by atoms with Gasteiger partial charge in [-0.1, -0.05) is 29.5 Å². The Labute approximate surface area is 116 Å². The Bertz CT molecular complexity index is 695. The van der Waals surface area contributed by atoms with Gasteiger partial charge in [0, 0.05) is 9.79 Å². The van der Waals surface area contributed by atoms with Crippen LogP contribution in [0.4, 0.5) is 5.69 Å². The third-order valence-electron chi connectivity index (χ3n) is 2.54. The lowest BCUT2D eigenvalue weighted by atomic mass is 10.2. The van der Waals surface area contributed by atoms with Crippen molar-refractivity contribution in [2.24, 2.45) is 5.14 Å². The van der Waals surface area contributed by atoms with E-state index in [1.807, 2.05) is 31.2 Å². The maximum Gasteiger partial charge on any atom is 0.240 e. The number of aryl methyl sites for hydroxylation is 1. The molecule has 2 rings (SSSR count). The molecule has 0 atom stereocenters. The molecular weight excluding hydrogens is 280 g/mol. The third-order valence-corrected chi connectivity index (χ3v) is 4.53. The van der Waals surface area contributed by atoms with Gasteiger partial charge in [-0.15, -0.1) is 0 Å². The molecule has 0 heterocycles. The van der Waals surface area contributed by atoms with Crippen molar-refractivity contribution in [1.82, 2.24) is 0 Å². The number of anilines is 1.